The third kappa shape index (κ3) is 3.43. The number of nitrogens with two attached hydrogens (primary N) is 1. The number of benzene rings is 1. The van der Waals surface area contributed by atoms with Crippen LogP contribution in [0.5, 0.6) is 5.75 Å². The smallest absolute Gasteiger partial charge is 0.335 e. The number of hydrogen-bond donors (Lipinski definition) is 3. The predicted molar refractivity (Wildman–Crippen MR) is 59.6 cm³/mol. The summed E-state index contributed by atoms with van der Waals surface area (Å²) in [5.74, 6) is -0.590. The van der Waals surface area contributed by atoms with E-state index in [2.05, 4.69) is 0 Å². The maximum atomic E-state index is 10.6. The minimum absolute atomic E-state index is 0.125. The molecule has 0 saturated carbocycles. The summed E-state index contributed by atoms with van der Waals surface area (Å²) in [6.07, 6.45) is 0.0691. The third-order valence-corrected chi connectivity index (χ3v) is 2.05. The van der Waals surface area contributed by atoms with Crippen LogP contribution >= 0.6 is 0 Å². The van der Waals surface area contributed by atoms with Gasteiger partial charge in [0.1, 0.15) is 5.75 Å². The van der Waals surface area contributed by atoms with Crippen molar-refractivity contribution in [1.29, 1.82) is 0 Å². The Morgan fingerprint density at radius 2 is 2.25 bits per heavy atom. The molecule has 0 bridgehead atoms. The minimum atomic E-state index is -1.03. The number of carboxylic acid groups (broad SMARTS) is 1. The van der Waals surface area contributed by atoms with Crippen LogP contribution in [-0.4, -0.2) is 28.9 Å². The molecule has 0 saturated heterocycles. The van der Waals surface area contributed by atoms with Crippen LogP contribution < -0.4 is 10.5 Å². The van der Waals surface area contributed by atoms with Gasteiger partial charge in [0.05, 0.1) is 24.0 Å². The van der Waals surface area contributed by atoms with Crippen molar-refractivity contribution in [3.63, 3.8) is 0 Å². The summed E-state index contributed by atoms with van der Waals surface area (Å²) in [6.45, 7) is 2.01. The van der Waals surface area contributed by atoms with Gasteiger partial charge in [-0.05, 0) is 25.1 Å². The SMILES string of the molecule is CC(O)CCOc1ccc(C(=O)O)cc1N. The zero-order chi connectivity index (χ0) is 12.1. The highest BCUT2D eigenvalue weighted by molar-refractivity contribution is 5.89. The molecule has 0 heterocycles. The summed E-state index contributed by atoms with van der Waals surface area (Å²) < 4.78 is 5.30. The standard InChI is InChI=1S/C11H15NO4/c1-7(13)4-5-16-10-3-2-8(11(14)15)6-9(10)12/h2-3,6-7,13H,4-5,12H2,1H3,(H,14,15). The van der Waals surface area contributed by atoms with E-state index in [4.69, 9.17) is 20.7 Å². The molecule has 0 aliphatic carbocycles. The Morgan fingerprint density at radius 3 is 2.75 bits per heavy atom. The van der Waals surface area contributed by atoms with Crippen LogP contribution in [0.3, 0.4) is 0 Å². The zero-order valence-electron chi connectivity index (χ0n) is 9.01. The molecule has 1 unspecified atom stereocenters. The summed E-state index contributed by atoms with van der Waals surface area (Å²) in [5.41, 5.74) is 6.03. The number of ether oxygens (including phenoxy) is 1. The molecule has 0 fully saturated rings. The number of nitrogen functional groups attached to an aromatic ring is 1. The van der Waals surface area contributed by atoms with Crippen molar-refractivity contribution in [3.05, 3.63) is 23.8 Å². The second-order valence-electron chi connectivity index (χ2n) is 3.54. The van der Waals surface area contributed by atoms with Gasteiger partial charge in [0, 0.05) is 6.42 Å². The van der Waals surface area contributed by atoms with Gasteiger partial charge in [0.2, 0.25) is 0 Å². The van der Waals surface area contributed by atoms with Crippen LogP contribution in [0, 0.1) is 0 Å². The Labute approximate surface area is 93.5 Å². The maximum Gasteiger partial charge on any atom is 0.335 e. The second-order valence-corrected chi connectivity index (χ2v) is 3.54. The molecule has 0 aromatic heterocycles. The van der Waals surface area contributed by atoms with E-state index in [9.17, 15) is 4.79 Å². The molecule has 1 aromatic rings. The van der Waals surface area contributed by atoms with Crippen LogP contribution in [-0.2, 0) is 0 Å². The molecular weight excluding hydrogens is 210 g/mol. The van der Waals surface area contributed by atoms with Gasteiger partial charge >= 0.3 is 5.97 Å². The molecule has 0 aliphatic rings. The van der Waals surface area contributed by atoms with E-state index in [-0.39, 0.29) is 11.3 Å². The van der Waals surface area contributed by atoms with Gasteiger partial charge in [-0.25, -0.2) is 4.79 Å². The predicted octanol–water partition coefficient (Wildman–Crippen LogP) is 1.12. The lowest BCUT2D eigenvalue weighted by atomic mass is 10.2. The van der Waals surface area contributed by atoms with Crippen molar-refractivity contribution >= 4 is 11.7 Å². The van der Waals surface area contributed by atoms with E-state index in [1.807, 2.05) is 0 Å². The van der Waals surface area contributed by atoms with E-state index in [1.165, 1.54) is 18.2 Å². The number of carbonyl (C=O) groups is 1. The van der Waals surface area contributed by atoms with E-state index in [0.29, 0.717) is 18.8 Å². The highest BCUT2D eigenvalue weighted by Crippen LogP contribution is 2.22. The quantitative estimate of drug-likeness (QED) is 0.653. The topological polar surface area (TPSA) is 92.8 Å². The van der Waals surface area contributed by atoms with Crippen LogP contribution in [0.2, 0.25) is 0 Å². The van der Waals surface area contributed by atoms with Crippen LogP contribution in [0.25, 0.3) is 0 Å². The van der Waals surface area contributed by atoms with Gasteiger partial charge in [-0.1, -0.05) is 0 Å². The Hall–Kier alpha value is -1.75. The first-order valence-corrected chi connectivity index (χ1v) is 4.94. The molecule has 88 valence electrons. The lowest BCUT2D eigenvalue weighted by Gasteiger charge is -2.10. The maximum absolute atomic E-state index is 10.6. The average molecular weight is 225 g/mol. The molecular formula is C11H15NO4. The number of anilines is 1. The number of hydrogen-bond acceptors (Lipinski definition) is 4. The fourth-order valence-corrected chi connectivity index (χ4v) is 1.15. The van der Waals surface area contributed by atoms with Crippen LogP contribution in [0.4, 0.5) is 5.69 Å². The third-order valence-electron chi connectivity index (χ3n) is 2.05. The van der Waals surface area contributed by atoms with E-state index < -0.39 is 12.1 Å². The van der Waals surface area contributed by atoms with E-state index in [0.717, 1.165) is 0 Å². The lowest BCUT2D eigenvalue weighted by Crippen LogP contribution is -2.08. The molecule has 5 heteroatoms. The molecule has 1 rings (SSSR count). The molecule has 0 spiro atoms. The molecule has 0 amide bonds. The van der Waals surface area contributed by atoms with Crippen molar-refractivity contribution in [2.45, 2.75) is 19.4 Å². The summed E-state index contributed by atoms with van der Waals surface area (Å²) in [7, 11) is 0. The van der Waals surface area contributed by atoms with Crippen LogP contribution in [0.1, 0.15) is 23.7 Å². The fourth-order valence-electron chi connectivity index (χ4n) is 1.15. The summed E-state index contributed by atoms with van der Waals surface area (Å²) in [5, 5.41) is 17.7. The number of aliphatic hydroxyl groups excluding tert-OH is 1. The van der Waals surface area contributed by atoms with Crippen molar-refractivity contribution in [1.82, 2.24) is 0 Å². The van der Waals surface area contributed by atoms with Crippen molar-refractivity contribution in [3.8, 4) is 5.75 Å². The van der Waals surface area contributed by atoms with Crippen molar-refractivity contribution in [2.75, 3.05) is 12.3 Å². The molecule has 4 N–H and O–H groups in total. The number of rotatable bonds is 5. The molecule has 0 aliphatic heterocycles. The van der Waals surface area contributed by atoms with Crippen molar-refractivity contribution < 1.29 is 19.7 Å². The van der Waals surface area contributed by atoms with Gasteiger partial charge in [-0.3, -0.25) is 0 Å². The average Bonchev–Trinajstić information content (AvgIpc) is 2.19. The van der Waals surface area contributed by atoms with Crippen LogP contribution in [0.15, 0.2) is 18.2 Å². The molecule has 0 radical (unpaired) electrons. The van der Waals surface area contributed by atoms with Crippen molar-refractivity contribution in [2.24, 2.45) is 0 Å². The Bertz CT molecular complexity index is 376. The summed E-state index contributed by atoms with van der Waals surface area (Å²) >= 11 is 0. The van der Waals surface area contributed by atoms with Gasteiger partial charge in [-0.2, -0.15) is 0 Å². The summed E-state index contributed by atoms with van der Waals surface area (Å²) in [4.78, 5) is 10.6. The molecule has 5 nitrogen and oxygen atoms in total. The molecule has 16 heavy (non-hydrogen) atoms. The van der Waals surface area contributed by atoms with E-state index in [1.54, 1.807) is 6.92 Å². The summed E-state index contributed by atoms with van der Waals surface area (Å²) in [6, 6.07) is 4.29. The Balaban J connectivity index is 2.64. The monoisotopic (exact) mass is 225 g/mol. The largest absolute Gasteiger partial charge is 0.491 e. The number of carboxylic acids is 1. The van der Waals surface area contributed by atoms with Gasteiger partial charge in [0.15, 0.2) is 0 Å². The fraction of sp³-hybridized carbons (Fsp3) is 0.364. The Morgan fingerprint density at radius 1 is 1.56 bits per heavy atom. The first kappa shape index (κ1) is 12.3. The Kier molecular flexibility index (Phi) is 4.13. The molecule has 1 aromatic carbocycles. The highest BCUT2D eigenvalue weighted by Gasteiger charge is 2.07. The number of aliphatic hydroxyl groups is 1. The van der Waals surface area contributed by atoms with Gasteiger partial charge in [0.25, 0.3) is 0 Å². The van der Waals surface area contributed by atoms with Gasteiger partial charge in [-0.15, -0.1) is 0 Å². The second kappa shape index (κ2) is 5.37. The van der Waals surface area contributed by atoms with Gasteiger partial charge < -0.3 is 20.7 Å². The van der Waals surface area contributed by atoms with E-state index >= 15 is 0 Å². The normalized spacial score (nSPS) is 12.1. The highest BCUT2D eigenvalue weighted by atomic mass is 16.5. The minimum Gasteiger partial charge on any atom is -0.491 e. The first-order valence-electron chi connectivity index (χ1n) is 4.94. The zero-order valence-corrected chi connectivity index (χ0v) is 9.01. The molecule has 1 atom stereocenters. The number of aromatic carboxylic acids is 1. The lowest BCUT2D eigenvalue weighted by molar-refractivity contribution is 0.0697. The first-order chi connectivity index (χ1) is 7.50.